The zero-order valence-corrected chi connectivity index (χ0v) is 12.1. The van der Waals surface area contributed by atoms with E-state index in [4.69, 9.17) is 28.5 Å². The van der Waals surface area contributed by atoms with Crippen LogP contribution in [0.1, 0.15) is 5.56 Å². The molecule has 2 aromatic carbocycles. The third-order valence-corrected chi connectivity index (χ3v) is 3.46. The second kappa shape index (κ2) is 5.62. The van der Waals surface area contributed by atoms with E-state index in [-0.39, 0.29) is 0 Å². The number of anilines is 2. The summed E-state index contributed by atoms with van der Waals surface area (Å²) in [7, 11) is 0. The van der Waals surface area contributed by atoms with Gasteiger partial charge in [0.05, 0.1) is 27.0 Å². The fourth-order valence-corrected chi connectivity index (χ4v) is 2.22. The van der Waals surface area contributed by atoms with Crippen LogP contribution < -0.4 is 5.32 Å². The molecule has 0 aliphatic carbocycles. The van der Waals surface area contributed by atoms with Gasteiger partial charge in [-0.25, -0.2) is 0 Å². The number of hydrogen-bond donors (Lipinski definition) is 1. The van der Waals surface area contributed by atoms with Crippen LogP contribution in [0.3, 0.4) is 0 Å². The first-order valence-corrected chi connectivity index (χ1v) is 6.57. The lowest BCUT2D eigenvalue weighted by Gasteiger charge is -2.11. The van der Waals surface area contributed by atoms with Crippen molar-refractivity contribution in [3.63, 3.8) is 0 Å². The van der Waals surface area contributed by atoms with Crippen LogP contribution in [0.25, 0.3) is 0 Å². The topological polar surface area (TPSA) is 35.8 Å². The molecule has 2 nitrogen and oxygen atoms in total. The lowest BCUT2D eigenvalue weighted by Crippen LogP contribution is -1.95. The lowest BCUT2D eigenvalue weighted by molar-refractivity contribution is 1.46. The maximum absolute atomic E-state index is 9.08. The average molecular weight is 342 g/mol. The van der Waals surface area contributed by atoms with Gasteiger partial charge in [0.1, 0.15) is 6.07 Å². The van der Waals surface area contributed by atoms with Crippen LogP contribution in [0.5, 0.6) is 0 Å². The summed E-state index contributed by atoms with van der Waals surface area (Å²) in [5, 5.41) is 13.2. The predicted molar refractivity (Wildman–Crippen MR) is 78.6 cm³/mol. The molecule has 0 aliphatic rings. The fourth-order valence-electron chi connectivity index (χ4n) is 1.48. The van der Waals surface area contributed by atoms with Gasteiger partial charge in [-0.2, -0.15) is 5.26 Å². The monoisotopic (exact) mass is 340 g/mol. The maximum atomic E-state index is 9.08. The maximum Gasteiger partial charge on any atom is 0.103 e. The smallest absolute Gasteiger partial charge is 0.103 e. The summed E-state index contributed by atoms with van der Waals surface area (Å²) in [5.41, 5.74) is 1.74. The van der Waals surface area contributed by atoms with E-state index in [2.05, 4.69) is 27.3 Å². The average Bonchev–Trinajstić information content (AvgIpc) is 2.34. The van der Waals surface area contributed by atoms with Crippen LogP contribution in [-0.2, 0) is 0 Å². The van der Waals surface area contributed by atoms with E-state index in [1.54, 1.807) is 24.3 Å². The molecule has 0 bridgehead atoms. The Kier molecular flexibility index (Phi) is 4.13. The van der Waals surface area contributed by atoms with Gasteiger partial charge >= 0.3 is 0 Å². The van der Waals surface area contributed by atoms with Crippen LogP contribution in [-0.4, -0.2) is 0 Å². The molecule has 18 heavy (non-hydrogen) atoms. The molecule has 0 unspecified atom stereocenters. The summed E-state index contributed by atoms with van der Waals surface area (Å²) in [4.78, 5) is 0. The van der Waals surface area contributed by atoms with E-state index >= 15 is 0 Å². The van der Waals surface area contributed by atoms with Gasteiger partial charge in [-0.1, -0.05) is 45.2 Å². The SMILES string of the molecule is N#Cc1c(Cl)cccc1Nc1cc(Br)ccc1Cl. The summed E-state index contributed by atoms with van der Waals surface area (Å²) in [6.07, 6.45) is 0. The molecule has 0 saturated heterocycles. The van der Waals surface area contributed by atoms with Gasteiger partial charge in [0.15, 0.2) is 0 Å². The van der Waals surface area contributed by atoms with Gasteiger partial charge < -0.3 is 5.32 Å². The molecule has 2 rings (SSSR count). The van der Waals surface area contributed by atoms with E-state index in [0.717, 1.165) is 4.47 Å². The van der Waals surface area contributed by atoms with Crippen molar-refractivity contribution < 1.29 is 0 Å². The van der Waals surface area contributed by atoms with Crippen LogP contribution in [0.15, 0.2) is 40.9 Å². The van der Waals surface area contributed by atoms with E-state index < -0.39 is 0 Å². The summed E-state index contributed by atoms with van der Waals surface area (Å²) in [6, 6.07) is 12.7. The van der Waals surface area contributed by atoms with E-state index in [1.165, 1.54) is 0 Å². The summed E-state index contributed by atoms with van der Waals surface area (Å²) in [6.45, 7) is 0. The molecule has 0 amide bonds. The number of nitrogens with zero attached hydrogens (tertiary/aromatic N) is 1. The standard InChI is InChI=1S/C13H7BrCl2N2/c14-8-4-5-11(16)13(6-8)18-12-3-1-2-10(15)9(12)7-17/h1-6,18H. The Hall–Kier alpha value is -1.21. The molecule has 90 valence electrons. The highest BCUT2D eigenvalue weighted by atomic mass is 79.9. The summed E-state index contributed by atoms with van der Waals surface area (Å²) in [5.74, 6) is 0. The van der Waals surface area contributed by atoms with Crippen molar-refractivity contribution in [2.24, 2.45) is 0 Å². The number of benzene rings is 2. The largest absolute Gasteiger partial charge is 0.353 e. The van der Waals surface area contributed by atoms with Crippen LogP contribution in [0.2, 0.25) is 10.0 Å². The second-order valence-corrected chi connectivity index (χ2v) is 5.25. The third-order valence-electron chi connectivity index (χ3n) is 2.32. The molecule has 2 aromatic rings. The Morgan fingerprint density at radius 1 is 1.06 bits per heavy atom. The van der Waals surface area contributed by atoms with Gasteiger partial charge in [-0.05, 0) is 30.3 Å². The van der Waals surface area contributed by atoms with Crippen molar-refractivity contribution in [3.8, 4) is 6.07 Å². The van der Waals surface area contributed by atoms with Crippen molar-refractivity contribution >= 4 is 50.5 Å². The molecule has 0 radical (unpaired) electrons. The van der Waals surface area contributed by atoms with Gasteiger partial charge in [0.2, 0.25) is 0 Å². The number of halogens is 3. The van der Waals surface area contributed by atoms with Crippen LogP contribution >= 0.6 is 39.1 Å². The van der Waals surface area contributed by atoms with Gasteiger partial charge in [-0.15, -0.1) is 0 Å². The first-order chi connectivity index (χ1) is 8.61. The Morgan fingerprint density at radius 3 is 2.56 bits per heavy atom. The zero-order valence-electron chi connectivity index (χ0n) is 9.05. The van der Waals surface area contributed by atoms with Crippen molar-refractivity contribution in [2.75, 3.05) is 5.32 Å². The first-order valence-electron chi connectivity index (χ1n) is 5.02. The van der Waals surface area contributed by atoms with Crippen LogP contribution in [0, 0.1) is 11.3 Å². The highest BCUT2D eigenvalue weighted by molar-refractivity contribution is 9.10. The minimum absolute atomic E-state index is 0.398. The van der Waals surface area contributed by atoms with Gasteiger partial charge in [0.25, 0.3) is 0 Å². The molecule has 0 aromatic heterocycles. The van der Waals surface area contributed by atoms with Crippen molar-refractivity contribution in [2.45, 2.75) is 0 Å². The predicted octanol–water partition coefficient (Wildman–Crippen LogP) is 5.37. The lowest BCUT2D eigenvalue weighted by atomic mass is 10.2. The van der Waals surface area contributed by atoms with Crippen molar-refractivity contribution in [3.05, 3.63) is 56.5 Å². The number of rotatable bonds is 2. The fraction of sp³-hybridized carbons (Fsp3) is 0. The summed E-state index contributed by atoms with van der Waals surface area (Å²) < 4.78 is 0.898. The highest BCUT2D eigenvalue weighted by Crippen LogP contribution is 2.31. The minimum atomic E-state index is 0.398. The molecular formula is C13H7BrCl2N2. The van der Waals surface area contributed by atoms with Crippen LogP contribution in [0.4, 0.5) is 11.4 Å². The first kappa shape index (κ1) is 13.2. The number of nitrogens with one attached hydrogen (secondary N) is 1. The number of hydrogen-bond acceptors (Lipinski definition) is 2. The quantitative estimate of drug-likeness (QED) is 0.796. The minimum Gasteiger partial charge on any atom is -0.353 e. The molecule has 0 aliphatic heterocycles. The van der Waals surface area contributed by atoms with Crippen molar-refractivity contribution in [1.82, 2.24) is 0 Å². The second-order valence-electron chi connectivity index (χ2n) is 3.52. The normalized spacial score (nSPS) is 9.89. The molecular weight excluding hydrogens is 335 g/mol. The Bertz CT molecular complexity index is 635. The molecule has 0 spiro atoms. The molecule has 0 saturated carbocycles. The van der Waals surface area contributed by atoms with Crippen molar-refractivity contribution in [1.29, 1.82) is 5.26 Å². The third kappa shape index (κ3) is 2.78. The van der Waals surface area contributed by atoms with Gasteiger partial charge in [-0.3, -0.25) is 0 Å². The molecule has 1 N–H and O–H groups in total. The number of nitriles is 1. The molecule has 5 heteroatoms. The van der Waals surface area contributed by atoms with E-state index in [1.807, 2.05) is 12.1 Å². The molecule has 0 atom stereocenters. The molecule has 0 fully saturated rings. The van der Waals surface area contributed by atoms with E-state index in [9.17, 15) is 0 Å². The Morgan fingerprint density at radius 2 is 1.83 bits per heavy atom. The Balaban J connectivity index is 2.44. The zero-order chi connectivity index (χ0) is 13.1. The summed E-state index contributed by atoms with van der Waals surface area (Å²) >= 11 is 15.4. The van der Waals surface area contributed by atoms with E-state index in [0.29, 0.717) is 27.0 Å². The molecule has 0 heterocycles. The highest BCUT2D eigenvalue weighted by Gasteiger charge is 2.08. The van der Waals surface area contributed by atoms with Gasteiger partial charge in [0, 0.05) is 4.47 Å². The Labute approximate surface area is 123 Å².